The molecule has 1 aromatic heterocycles. The van der Waals surface area contributed by atoms with Gasteiger partial charge in [-0.15, -0.1) is 0 Å². The minimum atomic E-state index is 0.220. The fraction of sp³-hybridized carbons (Fsp3) is 0.529. The maximum atomic E-state index is 5.42. The van der Waals surface area contributed by atoms with Crippen LogP contribution < -0.4 is 0 Å². The molecule has 4 nitrogen and oxygen atoms in total. The molecule has 0 aliphatic heterocycles. The minimum absolute atomic E-state index is 0.220. The number of hydrogen-bond acceptors (Lipinski definition) is 4. The first kappa shape index (κ1) is 15.7. The van der Waals surface area contributed by atoms with Crippen LogP contribution in [0.15, 0.2) is 34.9 Å². The lowest BCUT2D eigenvalue weighted by Gasteiger charge is -2.16. The van der Waals surface area contributed by atoms with Crippen LogP contribution in [-0.2, 0) is 6.42 Å². The van der Waals surface area contributed by atoms with Crippen molar-refractivity contribution in [2.24, 2.45) is 0 Å². The fourth-order valence-electron chi connectivity index (χ4n) is 2.56. The summed E-state index contributed by atoms with van der Waals surface area (Å²) in [7, 11) is 0. The van der Waals surface area contributed by atoms with Crippen LogP contribution in [0.5, 0.6) is 0 Å². The Bertz CT molecular complexity index is 520. The molecule has 0 radical (unpaired) electrons. The Labute approximate surface area is 127 Å². The van der Waals surface area contributed by atoms with E-state index in [4.69, 9.17) is 4.52 Å². The summed E-state index contributed by atoms with van der Waals surface area (Å²) >= 11 is 0. The van der Waals surface area contributed by atoms with Gasteiger partial charge >= 0.3 is 0 Å². The molecule has 21 heavy (non-hydrogen) atoms. The molecule has 4 heteroatoms. The van der Waals surface area contributed by atoms with E-state index in [2.05, 4.69) is 60.1 Å². The van der Waals surface area contributed by atoms with Crippen LogP contribution >= 0.6 is 0 Å². The SMILES string of the molecule is CC[C@H](c1ccccc1)c1noc(CCN(CC)CC)n1. The van der Waals surface area contributed by atoms with E-state index in [1.807, 2.05) is 6.07 Å². The third-order valence-electron chi connectivity index (χ3n) is 3.94. The second-order valence-corrected chi connectivity index (χ2v) is 5.19. The molecule has 0 amide bonds. The standard InChI is InChI=1S/C17H25N3O/c1-4-15(14-10-8-7-9-11-14)17-18-16(21-19-17)12-13-20(5-2)6-3/h7-11,15H,4-6,12-13H2,1-3H3/t15-/m1/s1. The first-order valence-corrected chi connectivity index (χ1v) is 7.88. The highest BCUT2D eigenvalue weighted by Crippen LogP contribution is 2.25. The van der Waals surface area contributed by atoms with Gasteiger partial charge in [0, 0.05) is 18.9 Å². The molecule has 0 saturated carbocycles. The molecule has 0 aliphatic rings. The Balaban J connectivity index is 2.04. The number of rotatable bonds is 8. The van der Waals surface area contributed by atoms with Crippen molar-refractivity contribution < 1.29 is 4.52 Å². The molecule has 0 N–H and O–H groups in total. The molecule has 114 valence electrons. The molecule has 1 heterocycles. The van der Waals surface area contributed by atoms with Gasteiger partial charge in [-0.3, -0.25) is 0 Å². The Kier molecular flexibility index (Phi) is 5.93. The van der Waals surface area contributed by atoms with Crippen LogP contribution in [-0.4, -0.2) is 34.7 Å². The van der Waals surface area contributed by atoms with Gasteiger partial charge in [0.15, 0.2) is 5.82 Å². The molecule has 0 spiro atoms. The lowest BCUT2D eigenvalue weighted by molar-refractivity contribution is 0.286. The van der Waals surface area contributed by atoms with E-state index in [-0.39, 0.29) is 5.92 Å². The van der Waals surface area contributed by atoms with Crippen molar-refractivity contribution in [3.63, 3.8) is 0 Å². The van der Waals surface area contributed by atoms with Crippen LogP contribution in [0.1, 0.15) is 50.4 Å². The van der Waals surface area contributed by atoms with Gasteiger partial charge in [0.2, 0.25) is 5.89 Å². The molecular formula is C17H25N3O. The van der Waals surface area contributed by atoms with Gasteiger partial charge in [-0.2, -0.15) is 4.98 Å². The van der Waals surface area contributed by atoms with Crippen LogP contribution in [0.3, 0.4) is 0 Å². The molecule has 1 aromatic carbocycles. The van der Waals surface area contributed by atoms with Gasteiger partial charge < -0.3 is 9.42 Å². The van der Waals surface area contributed by atoms with Gasteiger partial charge in [0.1, 0.15) is 0 Å². The van der Waals surface area contributed by atoms with Crippen molar-refractivity contribution in [1.29, 1.82) is 0 Å². The quantitative estimate of drug-likeness (QED) is 0.745. The third kappa shape index (κ3) is 4.14. The lowest BCUT2D eigenvalue weighted by atomic mass is 9.96. The topological polar surface area (TPSA) is 42.2 Å². The Hall–Kier alpha value is -1.68. The summed E-state index contributed by atoms with van der Waals surface area (Å²) in [5, 5.41) is 4.19. The fourth-order valence-corrected chi connectivity index (χ4v) is 2.56. The molecule has 0 aliphatic carbocycles. The average Bonchev–Trinajstić information content (AvgIpc) is 2.99. The van der Waals surface area contributed by atoms with E-state index in [1.165, 1.54) is 5.56 Å². The number of nitrogens with zero attached hydrogens (tertiary/aromatic N) is 3. The predicted octanol–water partition coefficient (Wildman–Crippen LogP) is 3.50. The summed E-state index contributed by atoms with van der Waals surface area (Å²) in [4.78, 5) is 6.95. The van der Waals surface area contributed by atoms with E-state index in [1.54, 1.807) is 0 Å². The Morgan fingerprint density at radius 2 is 1.81 bits per heavy atom. The highest BCUT2D eigenvalue weighted by Gasteiger charge is 2.18. The molecule has 2 rings (SSSR count). The van der Waals surface area contributed by atoms with E-state index in [9.17, 15) is 0 Å². The summed E-state index contributed by atoms with van der Waals surface area (Å²) in [5.41, 5.74) is 1.25. The number of benzene rings is 1. The summed E-state index contributed by atoms with van der Waals surface area (Å²) in [5.74, 6) is 1.77. The summed E-state index contributed by atoms with van der Waals surface area (Å²) < 4.78 is 5.42. The first-order valence-electron chi connectivity index (χ1n) is 7.88. The van der Waals surface area contributed by atoms with Crippen molar-refractivity contribution in [2.75, 3.05) is 19.6 Å². The molecule has 0 bridgehead atoms. The highest BCUT2D eigenvalue weighted by atomic mass is 16.5. The minimum Gasteiger partial charge on any atom is -0.339 e. The van der Waals surface area contributed by atoms with Crippen LogP contribution in [0.4, 0.5) is 0 Å². The van der Waals surface area contributed by atoms with Gasteiger partial charge in [-0.05, 0) is 25.1 Å². The molecule has 0 saturated heterocycles. The molecule has 1 atom stereocenters. The van der Waals surface area contributed by atoms with Gasteiger partial charge in [-0.1, -0.05) is 56.3 Å². The molecule has 2 aromatic rings. The second-order valence-electron chi connectivity index (χ2n) is 5.19. The zero-order valence-electron chi connectivity index (χ0n) is 13.2. The summed E-state index contributed by atoms with van der Waals surface area (Å²) in [6.07, 6.45) is 1.79. The largest absolute Gasteiger partial charge is 0.339 e. The molecule has 0 fully saturated rings. The zero-order chi connectivity index (χ0) is 15.1. The van der Waals surface area contributed by atoms with Gasteiger partial charge in [0.25, 0.3) is 0 Å². The van der Waals surface area contributed by atoms with Gasteiger partial charge in [0.05, 0.1) is 0 Å². The van der Waals surface area contributed by atoms with Crippen molar-refractivity contribution in [3.8, 4) is 0 Å². The maximum absolute atomic E-state index is 5.42. The molecule has 0 unspecified atom stereocenters. The number of hydrogen-bond donors (Lipinski definition) is 0. The summed E-state index contributed by atoms with van der Waals surface area (Å²) in [6, 6.07) is 10.4. The normalized spacial score (nSPS) is 12.8. The first-order chi connectivity index (χ1) is 10.3. The zero-order valence-corrected chi connectivity index (χ0v) is 13.2. The molecular weight excluding hydrogens is 262 g/mol. The third-order valence-corrected chi connectivity index (χ3v) is 3.94. The van der Waals surface area contributed by atoms with Crippen molar-refractivity contribution in [1.82, 2.24) is 15.0 Å². The predicted molar refractivity (Wildman–Crippen MR) is 84.4 cm³/mol. The Morgan fingerprint density at radius 3 is 2.43 bits per heavy atom. The maximum Gasteiger partial charge on any atom is 0.227 e. The smallest absolute Gasteiger partial charge is 0.227 e. The van der Waals surface area contributed by atoms with E-state index >= 15 is 0 Å². The number of aromatic nitrogens is 2. The van der Waals surface area contributed by atoms with E-state index in [0.29, 0.717) is 0 Å². The van der Waals surface area contributed by atoms with Crippen LogP contribution in [0.25, 0.3) is 0 Å². The van der Waals surface area contributed by atoms with Crippen LogP contribution in [0, 0.1) is 0 Å². The van der Waals surface area contributed by atoms with Gasteiger partial charge in [-0.25, -0.2) is 0 Å². The van der Waals surface area contributed by atoms with Crippen molar-refractivity contribution >= 4 is 0 Å². The van der Waals surface area contributed by atoms with Crippen LogP contribution in [0.2, 0.25) is 0 Å². The second kappa shape index (κ2) is 7.93. The van der Waals surface area contributed by atoms with E-state index < -0.39 is 0 Å². The van der Waals surface area contributed by atoms with Crippen molar-refractivity contribution in [2.45, 2.75) is 39.5 Å². The Morgan fingerprint density at radius 1 is 1.10 bits per heavy atom. The van der Waals surface area contributed by atoms with E-state index in [0.717, 1.165) is 44.2 Å². The number of likely N-dealkylation sites (N-methyl/N-ethyl adjacent to an activating group) is 1. The monoisotopic (exact) mass is 287 g/mol. The summed E-state index contributed by atoms with van der Waals surface area (Å²) in [6.45, 7) is 9.58. The van der Waals surface area contributed by atoms with Crippen molar-refractivity contribution in [3.05, 3.63) is 47.6 Å². The lowest BCUT2D eigenvalue weighted by Crippen LogP contribution is -2.25. The highest BCUT2D eigenvalue weighted by molar-refractivity contribution is 5.24. The average molecular weight is 287 g/mol.